The van der Waals surface area contributed by atoms with Gasteiger partial charge in [-0.3, -0.25) is 0 Å². The largest absolute Gasteiger partial charge is 0.488 e. The van der Waals surface area contributed by atoms with Gasteiger partial charge in [-0.2, -0.15) is 0 Å². The van der Waals surface area contributed by atoms with E-state index in [4.69, 9.17) is 10.5 Å². The summed E-state index contributed by atoms with van der Waals surface area (Å²) in [6.07, 6.45) is 3.70. The first-order valence-electron chi connectivity index (χ1n) is 4.33. The molecule has 0 saturated heterocycles. The minimum atomic E-state index is 0.542. The average molecular weight is 254 g/mol. The van der Waals surface area contributed by atoms with Gasteiger partial charge in [-0.15, -0.1) is 0 Å². The molecule has 0 unspecified atom stereocenters. The molecule has 5 heteroatoms. The standard InChI is InChI=1S/C9H8BrN3O/c10-5-4-13-1-2-14-6-3-12-9(11)7(5)8(6)13/h3-4H,1-2H2,(H2,11,12). The highest BCUT2D eigenvalue weighted by atomic mass is 79.9. The number of hydrogen-bond donors (Lipinski definition) is 1. The van der Waals surface area contributed by atoms with Crippen LogP contribution in [0.5, 0.6) is 5.75 Å². The minimum absolute atomic E-state index is 0.542. The number of ether oxygens (including phenoxy) is 1. The fraction of sp³-hybridized carbons (Fsp3) is 0.222. The Morgan fingerprint density at radius 3 is 3.29 bits per heavy atom. The number of nitrogens with two attached hydrogens (primary N) is 1. The Kier molecular flexibility index (Phi) is 1.53. The number of nitrogen functional groups attached to an aromatic ring is 1. The summed E-state index contributed by atoms with van der Waals surface area (Å²) >= 11 is 3.47. The van der Waals surface area contributed by atoms with Crippen LogP contribution >= 0.6 is 15.9 Å². The Bertz CT molecular complexity index is 520. The molecule has 3 rings (SSSR count). The highest BCUT2D eigenvalue weighted by molar-refractivity contribution is 9.10. The molecule has 0 amide bonds. The molecule has 1 aliphatic heterocycles. The maximum atomic E-state index is 5.81. The normalized spacial score (nSPS) is 14.4. The van der Waals surface area contributed by atoms with Gasteiger partial charge in [0.15, 0.2) is 5.75 Å². The molecule has 4 nitrogen and oxygen atoms in total. The predicted molar refractivity (Wildman–Crippen MR) is 57.3 cm³/mol. The van der Waals surface area contributed by atoms with Crippen molar-refractivity contribution in [3.05, 3.63) is 16.9 Å². The van der Waals surface area contributed by atoms with Crippen molar-refractivity contribution in [2.75, 3.05) is 12.3 Å². The third-order valence-corrected chi connectivity index (χ3v) is 3.03. The first-order valence-corrected chi connectivity index (χ1v) is 5.12. The van der Waals surface area contributed by atoms with Gasteiger partial charge in [-0.25, -0.2) is 4.98 Å². The van der Waals surface area contributed by atoms with E-state index in [9.17, 15) is 0 Å². The van der Waals surface area contributed by atoms with E-state index in [0.717, 1.165) is 27.7 Å². The van der Waals surface area contributed by atoms with Crippen molar-refractivity contribution >= 4 is 32.7 Å². The van der Waals surface area contributed by atoms with Crippen molar-refractivity contribution in [1.29, 1.82) is 0 Å². The zero-order chi connectivity index (χ0) is 9.71. The van der Waals surface area contributed by atoms with E-state index in [0.29, 0.717) is 12.4 Å². The molecule has 0 fully saturated rings. The summed E-state index contributed by atoms with van der Waals surface area (Å²) in [5, 5.41) is 0.946. The monoisotopic (exact) mass is 253 g/mol. The second-order valence-corrected chi connectivity index (χ2v) is 4.10. The zero-order valence-corrected chi connectivity index (χ0v) is 8.91. The van der Waals surface area contributed by atoms with Crippen LogP contribution in [0, 0.1) is 0 Å². The Labute approximate surface area is 88.8 Å². The summed E-state index contributed by atoms with van der Waals surface area (Å²) in [7, 11) is 0. The Morgan fingerprint density at radius 1 is 1.57 bits per heavy atom. The maximum Gasteiger partial charge on any atom is 0.162 e. The zero-order valence-electron chi connectivity index (χ0n) is 7.33. The fourth-order valence-corrected chi connectivity index (χ4v) is 2.46. The number of halogens is 1. The predicted octanol–water partition coefficient (Wildman–Crippen LogP) is 1.77. The van der Waals surface area contributed by atoms with Crippen LogP contribution in [-0.2, 0) is 6.54 Å². The highest BCUT2D eigenvalue weighted by Gasteiger charge is 2.18. The van der Waals surface area contributed by atoms with Gasteiger partial charge in [0.05, 0.1) is 23.6 Å². The molecular formula is C9H8BrN3O. The molecule has 0 atom stereocenters. The van der Waals surface area contributed by atoms with Crippen LogP contribution in [-0.4, -0.2) is 16.2 Å². The van der Waals surface area contributed by atoms with Gasteiger partial charge in [-0.1, -0.05) is 0 Å². The lowest BCUT2D eigenvalue weighted by Crippen LogP contribution is -2.13. The molecule has 0 aliphatic carbocycles. The van der Waals surface area contributed by atoms with Crippen molar-refractivity contribution in [2.24, 2.45) is 0 Å². The van der Waals surface area contributed by atoms with Crippen LogP contribution in [0.4, 0.5) is 5.82 Å². The lowest BCUT2D eigenvalue weighted by Gasteiger charge is -2.16. The Balaban J connectivity index is 2.53. The smallest absolute Gasteiger partial charge is 0.162 e. The Morgan fingerprint density at radius 2 is 2.43 bits per heavy atom. The summed E-state index contributed by atoms with van der Waals surface area (Å²) < 4.78 is 8.62. The molecule has 0 radical (unpaired) electrons. The first-order chi connectivity index (χ1) is 6.77. The van der Waals surface area contributed by atoms with E-state index in [2.05, 4.69) is 25.5 Å². The van der Waals surface area contributed by atoms with E-state index in [1.807, 2.05) is 6.20 Å². The van der Waals surface area contributed by atoms with Crippen LogP contribution in [0.25, 0.3) is 10.9 Å². The second-order valence-electron chi connectivity index (χ2n) is 3.25. The van der Waals surface area contributed by atoms with Crippen LogP contribution in [0.15, 0.2) is 16.9 Å². The number of hydrogen-bond acceptors (Lipinski definition) is 3. The Hall–Kier alpha value is -1.23. The SMILES string of the molecule is Nc1ncc2c3c1c(Br)cn3CCO2. The van der Waals surface area contributed by atoms with E-state index < -0.39 is 0 Å². The topological polar surface area (TPSA) is 53.1 Å². The first kappa shape index (κ1) is 8.11. The number of anilines is 1. The molecule has 0 aromatic carbocycles. The molecule has 0 saturated carbocycles. The fourth-order valence-electron chi connectivity index (χ4n) is 1.82. The second kappa shape index (κ2) is 2.63. The molecule has 72 valence electrons. The summed E-state index contributed by atoms with van der Waals surface area (Å²) in [5.74, 6) is 1.35. The number of pyridine rings is 1. The van der Waals surface area contributed by atoms with Crippen molar-refractivity contribution in [3.63, 3.8) is 0 Å². The van der Waals surface area contributed by atoms with Gasteiger partial charge in [0, 0.05) is 10.7 Å². The van der Waals surface area contributed by atoms with Crippen molar-refractivity contribution < 1.29 is 4.74 Å². The van der Waals surface area contributed by atoms with Gasteiger partial charge < -0.3 is 15.0 Å². The molecule has 1 aliphatic rings. The maximum absolute atomic E-state index is 5.81. The van der Waals surface area contributed by atoms with E-state index >= 15 is 0 Å². The van der Waals surface area contributed by atoms with Crippen LogP contribution in [0.2, 0.25) is 0 Å². The van der Waals surface area contributed by atoms with Gasteiger partial charge in [0.2, 0.25) is 0 Å². The highest BCUT2D eigenvalue weighted by Crippen LogP contribution is 2.37. The lowest BCUT2D eigenvalue weighted by molar-refractivity contribution is 0.286. The van der Waals surface area contributed by atoms with Gasteiger partial charge in [0.1, 0.15) is 12.4 Å². The van der Waals surface area contributed by atoms with Crippen LogP contribution in [0.3, 0.4) is 0 Å². The minimum Gasteiger partial charge on any atom is -0.488 e. The summed E-state index contributed by atoms with van der Waals surface area (Å²) in [5.41, 5.74) is 6.85. The number of aromatic nitrogens is 2. The van der Waals surface area contributed by atoms with Gasteiger partial charge >= 0.3 is 0 Å². The van der Waals surface area contributed by atoms with Crippen molar-refractivity contribution in [3.8, 4) is 5.75 Å². The van der Waals surface area contributed by atoms with Crippen LogP contribution in [0.1, 0.15) is 0 Å². The number of nitrogens with zero attached hydrogens (tertiary/aromatic N) is 2. The van der Waals surface area contributed by atoms with Crippen molar-refractivity contribution in [2.45, 2.75) is 6.54 Å². The lowest BCUT2D eigenvalue weighted by atomic mass is 10.3. The molecule has 0 bridgehead atoms. The summed E-state index contributed by atoms with van der Waals surface area (Å²) in [4.78, 5) is 4.10. The van der Waals surface area contributed by atoms with E-state index in [1.165, 1.54) is 0 Å². The molecule has 2 aromatic rings. The third-order valence-electron chi connectivity index (χ3n) is 2.43. The average Bonchev–Trinajstić information content (AvgIpc) is 2.51. The van der Waals surface area contributed by atoms with Crippen molar-refractivity contribution in [1.82, 2.24) is 9.55 Å². The van der Waals surface area contributed by atoms with Crippen LogP contribution < -0.4 is 10.5 Å². The van der Waals surface area contributed by atoms with Gasteiger partial charge in [-0.05, 0) is 15.9 Å². The summed E-state index contributed by atoms with van der Waals surface area (Å²) in [6, 6.07) is 0. The molecular weight excluding hydrogens is 246 g/mol. The molecule has 14 heavy (non-hydrogen) atoms. The third kappa shape index (κ3) is 0.901. The molecule has 2 N–H and O–H groups in total. The molecule has 0 spiro atoms. The molecule has 3 heterocycles. The van der Waals surface area contributed by atoms with Gasteiger partial charge in [0.25, 0.3) is 0 Å². The number of rotatable bonds is 0. The summed E-state index contributed by atoms with van der Waals surface area (Å²) in [6.45, 7) is 1.55. The molecule has 2 aromatic heterocycles. The quantitative estimate of drug-likeness (QED) is 0.779. The van der Waals surface area contributed by atoms with E-state index in [-0.39, 0.29) is 0 Å². The van der Waals surface area contributed by atoms with E-state index in [1.54, 1.807) is 6.20 Å².